The molecule has 1 aromatic rings. The second kappa shape index (κ2) is 7.02. The van der Waals surface area contributed by atoms with Crippen molar-refractivity contribution in [2.45, 2.75) is 51.8 Å². The third kappa shape index (κ3) is 5.45. The highest BCUT2D eigenvalue weighted by Crippen LogP contribution is 2.26. The smallest absolute Gasteiger partial charge is 0.326 e. The van der Waals surface area contributed by atoms with Gasteiger partial charge in [0, 0.05) is 10.4 Å². The largest absolute Gasteiger partial charge is 0.480 e. The number of benzene rings is 1. The number of nitrogens with one attached hydrogen (secondary N) is 1. The Balaban J connectivity index is 2.71. The summed E-state index contributed by atoms with van der Waals surface area (Å²) in [5.74, 6) is 0.0421. The molecule has 0 saturated heterocycles. The first-order chi connectivity index (χ1) is 9.20. The fourth-order valence-electron chi connectivity index (χ4n) is 1.96. The molecule has 0 spiro atoms. The van der Waals surface area contributed by atoms with Crippen LogP contribution >= 0.6 is 11.8 Å². The van der Waals surface area contributed by atoms with E-state index < -0.39 is 12.0 Å². The van der Waals surface area contributed by atoms with Crippen molar-refractivity contribution in [3.8, 4) is 0 Å². The van der Waals surface area contributed by atoms with Gasteiger partial charge in [0.15, 0.2) is 0 Å². The van der Waals surface area contributed by atoms with Crippen LogP contribution in [-0.2, 0) is 4.79 Å². The molecule has 0 bridgehead atoms. The molecule has 1 aromatic carbocycles. The normalized spacial score (nSPS) is 13.1. The van der Waals surface area contributed by atoms with Crippen molar-refractivity contribution < 1.29 is 9.90 Å². The van der Waals surface area contributed by atoms with Gasteiger partial charge in [-0.3, -0.25) is 0 Å². The molecule has 112 valence electrons. The van der Waals surface area contributed by atoms with Crippen molar-refractivity contribution in [3.63, 3.8) is 0 Å². The Morgan fingerprint density at radius 2 is 1.85 bits per heavy atom. The van der Waals surface area contributed by atoms with Gasteiger partial charge in [0.05, 0.1) is 0 Å². The van der Waals surface area contributed by atoms with E-state index in [-0.39, 0.29) is 4.75 Å². The Kier molecular flexibility index (Phi) is 5.93. The van der Waals surface area contributed by atoms with Gasteiger partial charge in [-0.05, 0) is 37.1 Å². The maximum absolute atomic E-state index is 11.4. The lowest BCUT2D eigenvalue weighted by Gasteiger charge is -2.22. The summed E-state index contributed by atoms with van der Waals surface area (Å²) in [4.78, 5) is 11.4. The molecule has 1 atom stereocenters. The highest BCUT2D eigenvalue weighted by atomic mass is 32.2. The second-order valence-electron chi connectivity index (χ2n) is 6.05. The lowest BCUT2D eigenvalue weighted by molar-refractivity contribution is -0.137. The number of carbonyl (C=O) groups is 1. The van der Waals surface area contributed by atoms with E-state index >= 15 is 0 Å². The SMILES string of the molecule is Cc1cccc(C)c1NC(CCSC(C)(C)C)C(=O)O. The predicted octanol–water partition coefficient (Wildman–Crippen LogP) is 4.09. The summed E-state index contributed by atoms with van der Waals surface area (Å²) in [5, 5.41) is 12.6. The fourth-order valence-corrected chi connectivity index (χ4v) is 2.92. The third-order valence-electron chi connectivity index (χ3n) is 3.04. The standard InChI is InChI=1S/C16H25NO2S/c1-11-7-6-8-12(2)14(11)17-13(15(18)19)9-10-20-16(3,4)5/h6-8,13,17H,9-10H2,1-5H3,(H,18,19). The van der Waals surface area contributed by atoms with Gasteiger partial charge in [0.25, 0.3) is 0 Å². The number of anilines is 1. The number of aryl methyl sites for hydroxylation is 2. The van der Waals surface area contributed by atoms with E-state index in [9.17, 15) is 9.90 Å². The van der Waals surface area contributed by atoms with Crippen molar-refractivity contribution in [2.75, 3.05) is 11.1 Å². The molecule has 0 aromatic heterocycles. The van der Waals surface area contributed by atoms with E-state index in [2.05, 4.69) is 26.1 Å². The number of rotatable bonds is 6. The van der Waals surface area contributed by atoms with E-state index in [1.165, 1.54) is 0 Å². The molecule has 0 saturated carbocycles. The summed E-state index contributed by atoms with van der Waals surface area (Å²) < 4.78 is 0.168. The molecule has 3 nitrogen and oxygen atoms in total. The Bertz CT molecular complexity index is 446. The molecule has 0 amide bonds. The average molecular weight is 295 g/mol. The number of carboxylic acid groups (broad SMARTS) is 1. The number of hydrogen-bond donors (Lipinski definition) is 2. The Labute approximate surface area is 126 Å². The molecule has 0 aliphatic carbocycles. The lowest BCUT2D eigenvalue weighted by Crippen LogP contribution is -2.31. The highest BCUT2D eigenvalue weighted by molar-refractivity contribution is 8.00. The zero-order valence-electron chi connectivity index (χ0n) is 13.0. The first kappa shape index (κ1) is 16.9. The van der Waals surface area contributed by atoms with Crippen LogP contribution in [0.15, 0.2) is 18.2 Å². The monoisotopic (exact) mass is 295 g/mol. The lowest BCUT2D eigenvalue weighted by atomic mass is 10.1. The molecule has 1 unspecified atom stereocenters. The molecule has 1 rings (SSSR count). The fraction of sp³-hybridized carbons (Fsp3) is 0.562. The van der Waals surface area contributed by atoms with Crippen LogP contribution in [0.3, 0.4) is 0 Å². The highest BCUT2D eigenvalue weighted by Gasteiger charge is 2.20. The number of thioether (sulfide) groups is 1. The maximum Gasteiger partial charge on any atom is 0.326 e. The van der Waals surface area contributed by atoms with Crippen LogP contribution in [0.1, 0.15) is 38.3 Å². The summed E-state index contributed by atoms with van der Waals surface area (Å²) in [6.07, 6.45) is 0.616. The minimum Gasteiger partial charge on any atom is -0.480 e. The molecule has 0 aliphatic heterocycles. The topological polar surface area (TPSA) is 49.3 Å². The van der Waals surface area contributed by atoms with Gasteiger partial charge in [-0.25, -0.2) is 4.79 Å². The van der Waals surface area contributed by atoms with E-state index in [1.54, 1.807) is 11.8 Å². The summed E-state index contributed by atoms with van der Waals surface area (Å²) in [6.45, 7) is 10.4. The molecule has 0 radical (unpaired) electrons. The van der Waals surface area contributed by atoms with Crippen molar-refractivity contribution >= 4 is 23.4 Å². The van der Waals surface area contributed by atoms with Crippen LogP contribution < -0.4 is 5.32 Å². The van der Waals surface area contributed by atoms with E-state index in [1.807, 2.05) is 32.0 Å². The Hall–Kier alpha value is -1.16. The molecule has 0 heterocycles. The molecule has 0 fully saturated rings. The van der Waals surface area contributed by atoms with Crippen molar-refractivity contribution in [3.05, 3.63) is 29.3 Å². The average Bonchev–Trinajstić information content (AvgIpc) is 2.30. The van der Waals surface area contributed by atoms with Gasteiger partial charge in [-0.1, -0.05) is 39.0 Å². The molecule has 4 heteroatoms. The number of carboxylic acids is 1. The van der Waals surface area contributed by atoms with Crippen LogP contribution in [0.4, 0.5) is 5.69 Å². The predicted molar refractivity (Wildman–Crippen MR) is 87.8 cm³/mol. The van der Waals surface area contributed by atoms with Gasteiger partial charge in [-0.15, -0.1) is 0 Å². The van der Waals surface area contributed by atoms with Crippen molar-refractivity contribution in [1.82, 2.24) is 0 Å². The summed E-state index contributed by atoms with van der Waals surface area (Å²) in [6, 6.07) is 5.45. The minimum atomic E-state index is -0.790. The van der Waals surface area contributed by atoms with Crippen LogP contribution in [0, 0.1) is 13.8 Å². The third-order valence-corrected chi connectivity index (χ3v) is 4.35. The molecular weight excluding hydrogens is 270 g/mol. The van der Waals surface area contributed by atoms with Crippen LogP contribution in [-0.4, -0.2) is 27.6 Å². The zero-order chi connectivity index (χ0) is 15.3. The molecule has 20 heavy (non-hydrogen) atoms. The quantitative estimate of drug-likeness (QED) is 0.830. The maximum atomic E-state index is 11.4. The summed E-state index contributed by atoms with van der Waals surface area (Å²) in [7, 11) is 0. The summed E-state index contributed by atoms with van der Waals surface area (Å²) in [5.41, 5.74) is 3.11. The Morgan fingerprint density at radius 1 is 1.30 bits per heavy atom. The first-order valence-corrected chi connectivity index (χ1v) is 7.89. The van der Waals surface area contributed by atoms with E-state index in [0.717, 1.165) is 22.6 Å². The van der Waals surface area contributed by atoms with Gasteiger partial charge >= 0.3 is 5.97 Å². The minimum absolute atomic E-state index is 0.168. The van der Waals surface area contributed by atoms with Crippen LogP contribution in [0.25, 0.3) is 0 Å². The van der Waals surface area contributed by atoms with Gasteiger partial charge in [0.1, 0.15) is 6.04 Å². The van der Waals surface area contributed by atoms with Crippen molar-refractivity contribution in [2.24, 2.45) is 0 Å². The van der Waals surface area contributed by atoms with Crippen LogP contribution in [0.2, 0.25) is 0 Å². The van der Waals surface area contributed by atoms with Crippen LogP contribution in [0.5, 0.6) is 0 Å². The molecular formula is C16H25NO2S. The second-order valence-corrected chi connectivity index (χ2v) is 7.97. The number of para-hydroxylation sites is 1. The van der Waals surface area contributed by atoms with E-state index in [4.69, 9.17) is 0 Å². The Morgan fingerprint density at radius 3 is 2.30 bits per heavy atom. The summed E-state index contributed by atoms with van der Waals surface area (Å²) >= 11 is 1.79. The first-order valence-electron chi connectivity index (χ1n) is 6.90. The van der Waals surface area contributed by atoms with Gasteiger partial charge in [-0.2, -0.15) is 11.8 Å². The number of aliphatic carboxylic acids is 1. The molecule has 0 aliphatic rings. The van der Waals surface area contributed by atoms with E-state index in [0.29, 0.717) is 6.42 Å². The van der Waals surface area contributed by atoms with Crippen molar-refractivity contribution in [1.29, 1.82) is 0 Å². The van der Waals surface area contributed by atoms with Gasteiger partial charge < -0.3 is 10.4 Å². The van der Waals surface area contributed by atoms with Gasteiger partial charge in [0.2, 0.25) is 0 Å². The number of hydrogen-bond acceptors (Lipinski definition) is 3. The zero-order valence-corrected chi connectivity index (χ0v) is 13.8. The molecule has 2 N–H and O–H groups in total.